The van der Waals surface area contributed by atoms with Crippen LogP contribution in [-0.4, -0.2) is 35.2 Å². The molecule has 0 amide bonds. The molecule has 1 aromatic heterocycles. The fourth-order valence-corrected chi connectivity index (χ4v) is 1.68. The SMILES string of the molecule is COC(=O)c1ccnc(NC(CC(=O)O)C(C)(C)C)c1. The molecule has 0 saturated heterocycles. The molecular formula is C14H20N2O4. The van der Waals surface area contributed by atoms with Crippen molar-refractivity contribution in [3.63, 3.8) is 0 Å². The smallest absolute Gasteiger partial charge is 0.338 e. The number of carboxylic acids is 1. The number of carbonyl (C=O) groups excluding carboxylic acids is 1. The maximum absolute atomic E-state index is 11.5. The molecule has 0 aliphatic rings. The molecule has 1 unspecified atom stereocenters. The number of aromatic nitrogens is 1. The molecule has 6 nitrogen and oxygen atoms in total. The van der Waals surface area contributed by atoms with Crippen LogP contribution < -0.4 is 5.32 Å². The molecule has 0 aliphatic heterocycles. The Morgan fingerprint density at radius 3 is 2.60 bits per heavy atom. The lowest BCUT2D eigenvalue weighted by Crippen LogP contribution is -2.36. The van der Waals surface area contributed by atoms with Crippen LogP contribution in [-0.2, 0) is 9.53 Å². The zero-order valence-electron chi connectivity index (χ0n) is 12.1. The number of carbonyl (C=O) groups is 2. The highest BCUT2D eigenvalue weighted by Gasteiger charge is 2.27. The minimum absolute atomic E-state index is 0.0341. The number of hydrogen-bond donors (Lipinski definition) is 2. The molecule has 0 aliphatic carbocycles. The van der Waals surface area contributed by atoms with Gasteiger partial charge in [-0.05, 0) is 17.5 Å². The minimum Gasteiger partial charge on any atom is -0.481 e. The van der Waals surface area contributed by atoms with Gasteiger partial charge in [-0.2, -0.15) is 0 Å². The first kappa shape index (κ1) is 15.9. The Hall–Kier alpha value is -2.11. The van der Waals surface area contributed by atoms with Gasteiger partial charge in [-0.3, -0.25) is 4.79 Å². The molecule has 0 radical (unpaired) electrons. The Labute approximate surface area is 118 Å². The maximum Gasteiger partial charge on any atom is 0.338 e. The van der Waals surface area contributed by atoms with Gasteiger partial charge in [0.2, 0.25) is 0 Å². The summed E-state index contributed by atoms with van der Waals surface area (Å²) in [6.07, 6.45) is 1.45. The monoisotopic (exact) mass is 280 g/mol. The number of nitrogens with one attached hydrogen (secondary N) is 1. The van der Waals surface area contributed by atoms with Gasteiger partial charge in [-0.15, -0.1) is 0 Å². The zero-order chi connectivity index (χ0) is 15.3. The Balaban J connectivity index is 2.94. The molecule has 0 saturated carbocycles. The molecular weight excluding hydrogens is 260 g/mol. The third-order valence-electron chi connectivity index (χ3n) is 2.93. The topological polar surface area (TPSA) is 88.5 Å². The van der Waals surface area contributed by atoms with Crippen LogP contribution in [0.4, 0.5) is 5.82 Å². The molecule has 110 valence electrons. The lowest BCUT2D eigenvalue weighted by Gasteiger charge is -2.30. The summed E-state index contributed by atoms with van der Waals surface area (Å²) in [5, 5.41) is 12.0. The third-order valence-corrected chi connectivity index (χ3v) is 2.93. The molecule has 2 N–H and O–H groups in total. The van der Waals surface area contributed by atoms with Gasteiger partial charge in [0.05, 0.1) is 19.1 Å². The van der Waals surface area contributed by atoms with Crippen LogP contribution in [0.2, 0.25) is 0 Å². The highest BCUT2D eigenvalue weighted by molar-refractivity contribution is 5.90. The van der Waals surface area contributed by atoms with Crippen molar-refractivity contribution >= 4 is 17.8 Å². The predicted octanol–water partition coefficient (Wildman–Crippen LogP) is 2.17. The summed E-state index contributed by atoms with van der Waals surface area (Å²) in [4.78, 5) is 26.5. The largest absolute Gasteiger partial charge is 0.481 e. The number of carboxylic acid groups (broad SMARTS) is 1. The second-order valence-electron chi connectivity index (χ2n) is 5.58. The second kappa shape index (κ2) is 6.36. The Bertz CT molecular complexity index is 494. The molecule has 6 heteroatoms. The van der Waals surface area contributed by atoms with Crippen LogP contribution in [0.25, 0.3) is 0 Å². The van der Waals surface area contributed by atoms with E-state index in [9.17, 15) is 9.59 Å². The summed E-state index contributed by atoms with van der Waals surface area (Å²) in [5.74, 6) is -0.892. The molecule has 1 heterocycles. The van der Waals surface area contributed by atoms with Crippen LogP contribution in [0.1, 0.15) is 37.6 Å². The van der Waals surface area contributed by atoms with E-state index in [4.69, 9.17) is 5.11 Å². The van der Waals surface area contributed by atoms with E-state index in [1.807, 2.05) is 20.8 Å². The van der Waals surface area contributed by atoms with Gasteiger partial charge >= 0.3 is 11.9 Å². The van der Waals surface area contributed by atoms with Gasteiger partial charge in [0.25, 0.3) is 0 Å². The van der Waals surface area contributed by atoms with Crippen molar-refractivity contribution in [2.75, 3.05) is 12.4 Å². The summed E-state index contributed by atoms with van der Waals surface area (Å²) in [7, 11) is 1.30. The van der Waals surface area contributed by atoms with Crippen LogP contribution >= 0.6 is 0 Å². The first-order chi connectivity index (χ1) is 9.24. The van der Waals surface area contributed by atoms with Crippen LogP contribution in [0.3, 0.4) is 0 Å². The minimum atomic E-state index is -0.887. The Kier molecular flexibility index (Phi) is 5.07. The van der Waals surface area contributed by atoms with E-state index in [0.717, 1.165) is 0 Å². The highest BCUT2D eigenvalue weighted by Crippen LogP contribution is 2.25. The number of methoxy groups -OCH3 is 1. The quantitative estimate of drug-likeness (QED) is 0.804. The Morgan fingerprint density at radius 2 is 2.10 bits per heavy atom. The molecule has 20 heavy (non-hydrogen) atoms. The van der Waals surface area contributed by atoms with Gasteiger partial charge in [0.15, 0.2) is 0 Å². The average Bonchev–Trinajstić information content (AvgIpc) is 2.36. The molecule has 1 aromatic rings. The van der Waals surface area contributed by atoms with E-state index in [2.05, 4.69) is 15.0 Å². The summed E-state index contributed by atoms with van der Waals surface area (Å²) in [6.45, 7) is 5.83. The van der Waals surface area contributed by atoms with E-state index >= 15 is 0 Å². The van der Waals surface area contributed by atoms with E-state index in [1.54, 1.807) is 12.1 Å². The van der Waals surface area contributed by atoms with Crippen LogP contribution in [0, 0.1) is 5.41 Å². The number of aliphatic carboxylic acids is 1. The van der Waals surface area contributed by atoms with E-state index in [0.29, 0.717) is 11.4 Å². The maximum atomic E-state index is 11.5. The van der Waals surface area contributed by atoms with Crippen molar-refractivity contribution in [2.24, 2.45) is 5.41 Å². The summed E-state index contributed by atoms with van der Waals surface area (Å²) < 4.78 is 4.64. The van der Waals surface area contributed by atoms with Crippen molar-refractivity contribution in [2.45, 2.75) is 33.2 Å². The lowest BCUT2D eigenvalue weighted by atomic mass is 9.85. The number of hydrogen-bond acceptors (Lipinski definition) is 5. The molecule has 1 rings (SSSR count). The van der Waals surface area contributed by atoms with Gasteiger partial charge in [-0.25, -0.2) is 9.78 Å². The highest BCUT2D eigenvalue weighted by atomic mass is 16.5. The van der Waals surface area contributed by atoms with Crippen molar-refractivity contribution in [3.8, 4) is 0 Å². The van der Waals surface area contributed by atoms with E-state index in [-0.39, 0.29) is 17.9 Å². The van der Waals surface area contributed by atoms with E-state index < -0.39 is 11.9 Å². The van der Waals surface area contributed by atoms with Crippen molar-refractivity contribution < 1.29 is 19.4 Å². The van der Waals surface area contributed by atoms with E-state index in [1.165, 1.54) is 13.3 Å². The van der Waals surface area contributed by atoms with Crippen LogP contribution in [0.5, 0.6) is 0 Å². The van der Waals surface area contributed by atoms with Crippen molar-refractivity contribution in [1.82, 2.24) is 4.98 Å². The summed E-state index contributed by atoms with van der Waals surface area (Å²) in [6, 6.07) is 2.78. The van der Waals surface area contributed by atoms with Gasteiger partial charge in [0, 0.05) is 12.2 Å². The fraction of sp³-hybridized carbons (Fsp3) is 0.500. The lowest BCUT2D eigenvalue weighted by molar-refractivity contribution is -0.137. The number of ether oxygens (including phenoxy) is 1. The zero-order valence-corrected chi connectivity index (χ0v) is 12.1. The number of esters is 1. The number of nitrogens with zero attached hydrogens (tertiary/aromatic N) is 1. The van der Waals surface area contributed by atoms with Crippen molar-refractivity contribution in [1.29, 1.82) is 0 Å². The Morgan fingerprint density at radius 1 is 1.45 bits per heavy atom. The predicted molar refractivity (Wildman–Crippen MR) is 74.7 cm³/mol. The van der Waals surface area contributed by atoms with Gasteiger partial charge in [-0.1, -0.05) is 20.8 Å². The first-order valence-corrected chi connectivity index (χ1v) is 6.26. The molecule has 1 atom stereocenters. The average molecular weight is 280 g/mol. The summed E-state index contributed by atoms with van der Waals surface area (Å²) >= 11 is 0. The number of rotatable bonds is 5. The third kappa shape index (κ3) is 4.53. The summed E-state index contributed by atoms with van der Waals surface area (Å²) in [5.41, 5.74) is 0.106. The normalized spacial score (nSPS) is 12.6. The fourth-order valence-electron chi connectivity index (χ4n) is 1.68. The van der Waals surface area contributed by atoms with Crippen LogP contribution in [0.15, 0.2) is 18.3 Å². The second-order valence-corrected chi connectivity index (χ2v) is 5.58. The molecule has 0 aromatic carbocycles. The van der Waals surface area contributed by atoms with Gasteiger partial charge < -0.3 is 15.2 Å². The molecule has 0 bridgehead atoms. The number of anilines is 1. The van der Waals surface area contributed by atoms with Crippen molar-refractivity contribution in [3.05, 3.63) is 23.9 Å². The molecule has 0 fully saturated rings. The van der Waals surface area contributed by atoms with Gasteiger partial charge in [0.1, 0.15) is 5.82 Å². The molecule has 0 spiro atoms. The number of pyridine rings is 1. The standard InChI is InChI=1S/C14H20N2O4/c1-14(2,3)10(8-12(17)18)16-11-7-9(5-6-15-11)13(19)20-4/h5-7,10H,8H2,1-4H3,(H,15,16)(H,17,18). The first-order valence-electron chi connectivity index (χ1n) is 6.26.